The summed E-state index contributed by atoms with van der Waals surface area (Å²) < 4.78 is 5.79. The summed E-state index contributed by atoms with van der Waals surface area (Å²) in [4.78, 5) is 19.1. The molecule has 25 heavy (non-hydrogen) atoms. The molecular formula is C18H24N4O2S. The van der Waals surface area contributed by atoms with Crippen LogP contribution in [0.15, 0.2) is 29.6 Å². The van der Waals surface area contributed by atoms with Crippen molar-refractivity contribution in [3.05, 3.63) is 45.9 Å². The summed E-state index contributed by atoms with van der Waals surface area (Å²) in [6, 6.07) is 7.90. The minimum Gasteiger partial charge on any atom is -0.373 e. The molecule has 7 heteroatoms. The molecule has 0 saturated carbocycles. The van der Waals surface area contributed by atoms with Crippen LogP contribution >= 0.6 is 11.3 Å². The fourth-order valence-corrected chi connectivity index (χ4v) is 3.78. The highest BCUT2D eigenvalue weighted by Gasteiger charge is 2.23. The number of hydrogen-bond donors (Lipinski definition) is 2. The van der Waals surface area contributed by atoms with Crippen LogP contribution in [-0.4, -0.2) is 41.1 Å². The van der Waals surface area contributed by atoms with Crippen LogP contribution < -0.4 is 11.1 Å². The number of nitrogens with one attached hydrogen (secondary N) is 1. The van der Waals surface area contributed by atoms with Gasteiger partial charge < -0.3 is 15.8 Å². The lowest BCUT2D eigenvalue weighted by atomic mass is 10.1. The van der Waals surface area contributed by atoms with E-state index in [0.717, 1.165) is 35.9 Å². The van der Waals surface area contributed by atoms with Gasteiger partial charge in [-0.25, -0.2) is 4.98 Å². The minimum atomic E-state index is -0.202. The zero-order chi connectivity index (χ0) is 17.8. The number of amides is 1. The molecule has 1 fully saturated rings. The van der Waals surface area contributed by atoms with E-state index in [1.165, 1.54) is 11.3 Å². The monoisotopic (exact) mass is 360 g/mol. The molecule has 0 radical (unpaired) electrons. The Bertz CT molecular complexity index is 723. The number of ether oxygens (including phenoxy) is 1. The van der Waals surface area contributed by atoms with E-state index in [1.807, 2.05) is 24.3 Å². The van der Waals surface area contributed by atoms with E-state index in [9.17, 15) is 4.79 Å². The largest absolute Gasteiger partial charge is 0.373 e. The highest BCUT2D eigenvalue weighted by molar-refractivity contribution is 7.09. The van der Waals surface area contributed by atoms with Gasteiger partial charge >= 0.3 is 0 Å². The zero-order valence-corrected chi connectivity index (χ0v) is 15.4. The maximum Gasteiger partial charge on any atom is 0.275 e. The number of aromatic nitrogens is 1. The second kappa shape index (κ2) is 8.05. The van der Waals surface area contributed by atoms with Crippen molar-refractivity contribution in [3.8, 4) is 0 Å². The van der Waals surface area contributed by atoms with Crippen LogP contribution in [0.3, 0.4) is 0 Å². The molecule has 2 atom stereocenters. The Hall–Kier alpha value is -1.80. The minimum absolute atomic E-state index is 0.202. The summed E-state index contributed by atoms with van der Waals surface area (Å²) >= 11 is 1.40. The fourth-order valence-electron chi connectivity index (χ4n) is 3.13. The fraction of sp³-hybridized carbons (Fsp3) is 0.444. The molecule has 134 valence electrons. The SMILES string of the molecule is CC1CN(Cc2ccccc2NC(=O)c2csc(CN)n2)CC(C)O1. The molecule has 2 aromatic rings. The number of para-hydroxylation sites is 1. The van der Waals surface area contributed by atoms with Crippen molar-refractivity contribution < 1.29 is 9.53 Å². The van der Waals surface area contributed by atoms with Crippen LogP contribution in [0, 0.1) is 0 Å². The molecule has 0 spiro atoms. The number of carbonyl (C=O) groups is 1. The normalized spacial score (nSPS) is 21.2. The van der Waals surface area contributed by atoms with Crippen molar-refractivity contribution in [3.63, 3.8) is 0 Å². The first kappa shape index (κ1) is 18.0. The first-order chi connectivity index (χ1) is 12.0. The summed E-state index contributed by atoms with van der Waals surface area (Å²) in [5.41, 5.74) is 7.89. The Labute approximate surface area is 152 Å². The van der Waals surface area contributed by atoms with Crippen LogP contribution in [0.1, 0.15) is 34.9 Å². The van der Waals surface area contributed by atoms with Gasteiger partial charge in [0.05, 0.1) is 12.2 Å². The third-order valence-electron chi connectivity index (χ3n) is 4.11. The molecule has 1 aromatic heterocycles. The zero-order valence-electron chi connectivity index (χ0n) is 14.6. The average molecular weight is 360 g/mol. The highest BCUT2D eigenvalue weighted by atomic mass is 32.1. The van der Waals surface area contributed by atoms with E-state index >= 15 is 0 Å². The summed E-state index contributed by atoms with van der Waals surface area (Å²) in [5.74, 6) is -0.202. The predicted molar refractivity (Wildman–Crippen MR) is 99.7 cm³/mol. The molecule has 2 unspecified atom stereocenters. The molecule has 3 rings (SSSR count). The van der Waals surface area contributed by atoms with E-state index < -0.39 is 0 Å². The summed E-state index contributed by atoms with van der Waals surface area (Å²) in [6.07, 6.45) is 0.436. The lowest BCUT2D eigenvalue weighted by Crippen LogP contribution is -2.44. The molecular weight excluding hydrogens is 336 g/mol. The number of morpholine rings is 1. The van der Waals surface area contributed by atoms with Gasteiger partial charge in [-0.15, -0.1) is 11.3 Å². The highest BCUT2D eigenvalue weighted by Crippen LogP contribution is 2.21. The van der Waals surface area contributed by atoms with Gasteiger partial charge in [0.1, 0.15) is 10.7 Å². The molecule has 1 amide bonds. The first-order valence-electron chi connectivity index (χ1n) is 8.46. The second-order valence-corrected chi connectivity index (χ2v) is 7.34. The van der Waals surface area contributed by atoms with Crippen LogP contribution in [-0.2, 0) is 17.8 Å². The van der Waals surface area contributed by atoms with Crippen molar-refractivity contribution in [1.29, 1.82) is 0 Å². The quantitative estimate of drug-likeness (QED) is 0.856. The number of anilines is 1. The number of benzene rings is 1. The maximum absolute atomic E-state index is 12.5. The van der Waals surface area contributed by atoms with Gasteiger partial charge in [-0.2, -0.15) is 0 Å². The lowest BCUT2D eigenvalue weighted by Gasteiger charge is -2.35. The average Bonchev–Trinajstić information content (AvgIpc) is 3.05. The molecule has 6 nitrogen and oxygen atoms in total. The summed E-state index contributed by atoms with van der Waals surface area (Å²) in [5, 5.41) is 5.48. The molecule has 0 bridgehead atoms. The second-order valence-electron chi connectivity index (χ2n) is 6.39. The third-order valence-corrected chi connectivity index (χ3v) is 4.98. The maximum atomic E-state index is 12.5. The van der Waals surface area contributed by atoms with Gasteiger partial charge in [0, 0.05) is 37.2 Å². The standard InChI is InChI=1S/C18H24N4O2S/c1-12-8-22(9-13(2)24-12)10-14-5-3-4-6-15(14)21-18(23)16-11-25-17(7-19)20-16/h3-6,11-13H,7-10,19H2,1-2H3,(H,21,23). The molecule has 3 N–H and O–H groups in total. The Morgan fingerprint density at radius 2 is 2.08 bits per heavy atom. The van der Waals surface area contributed by atoms with Crippen molar-refractivity contribution in [2.75, 3.05) is 18.4 Å². The molecule has 1 aliphatic heterocycles. The van der Waals surface area contributed by atoms with Crippen LogP contribution in [0.25, 0.3) is 0 Å². The molecule has 2 heterocycles. The molecule has 0 aliphatic carbocycles. The lowest BCUT2D eigenvalue weighted by molar-refractivity contribution is -0.0704. The van der Waals surface area contributed by atoms with Crippen molar-refractivity contribution in [1.82, 2.24) is 9.88 Å². The summed E-state index contributed by atoms with van der Waals surface area (Å²) in [6.45, 7) is 7.08. The number of carbonyl (C=O) groups excluding carboxylic acids is 1. The number of rotatable bonds is 5. The molecule has 1 aromatic carbocycles. The Morgan fingerprint density at radius 1 is 1.36 bits per heavy atom. The van der Waals surface area contributed by atoms with Gasteiger partial charge in [0.2, 0.25) is 0 Å². The van der Waals surface area contributed by atoms with Gasteiger partial charge in [0.15, 0.2) is 0 Å². The van der Waals surface area contributed by atoms with E-state index in [2.05, 4.69) is 29.0 Å². The van der Waals surface area contributed by atoms with Crippen molar-refractivity contribution in [2.45, 2.75) is 39.1 Å². The number of nitrogens with two attached hydrogens (primary N) is 1. The van der Waals surface area contributed by atoms with E-state index in [1.54, 1.807) is 5.38 Å². The van der Waals surface area contributed by atoms with Crippen molar-refractivity contribution >= 4 is 22.9 Å². The Morgan fingerprint density at radius 3 is 2.76 bits per heavy atom. The smallest absolute Gasteiger partial charge is 0.275 e. The van der Waals surface area contributed by atoms with E-state index in [0.29, 0.717) is 12.2 Å². The summed E-state index contributed by atoms with van der Waals surface area (Å²) in [7, 11) is 0. The van der Waals surface area contributed by atoms with E-state index in [4.69, 9.17) is 10.5 Å². The molecule has 1 aliphatic rings. The third kappa shape index (κ3) is 4.64. The van der Waals surface area contributed by atoms with Gasteiger partial charge in [0.25, 0.3) is 5.91 Å². The Kier molecular flexibility index (Phi) is 5.80. The molecule has 1 saturated heterocycles. The van der Waals surface area contributed by atoms with Gasteiger partial charge in [-0.3, -0.25) is 9.69 Å². The topological polar surface area (TPSA) is 80.5 Å². The number of nitrogens with zero attached hydrogens (tertiary/aromatic N) is 2. The number of hydrogen-bond acceptors (Lipinski definition) is 6. The van der Waals surface area contributed by atoms with Crippen LogP contribution in [0.2, 0.25) is 0 Å². The van der Waals surface area contributed by atoms with E-state index in [-0.39, 0.29) is 18.1 Å². The van der Waals surface area contributed by atoms with Crippen LogP contribution in [0.4, 0.5) is 5.69 Å². The van der Waals surface area contributed by atoms with Crippen molar-refractivity contribution in [2.24, 2.45) is 5.73 Å². The Balaban J connectivity index is 1.71. The van der Waals surface area contributed by atoms with Crippen LogP contribution in [0.5, 0.6) is 0 Å². The predicted octanol–water partition coefficient (Wildman–Crippen LogP) is 2.46. The van der Waals surface area contributed by atoms with Gasteiger partial charge in [-0.1, -0.05) is 18.2 Å². The number of thiazole rings is 1. The first-order valence-corrected chi connectivity index (χ1v) is 9.34. The van der Waals surface area contributed by atoms with Gasteiger partial charge in [-0.05, 0) is 25.5 Å².